The second-order valence-electron chi connectivity index (χ2n) is 7.05. The number of aryl methyl sites for hydroxylation is 1. The standard InChI is InChI=1S/C21H23N5O/c1-13-4-2-5-14(10-13)15-8-9-23-11-18(15)26-21-17-7-3-6-16(20(22)27)19(17)24-12-25-21/h2-7,10,12,15,18,23H,8-9,11H2,1H3,(H2,22,27)(H,24,25,26). The number of rotatable bonds is 4. The first-order valence-corrected chi connectivity index (χ1v) is 9.21. The summed E-state index contributed by atoms with van der Waals surface area (Å²) < 4.78 is 0. The maximum absolute atomic E-state index is 11.7. The number of primary amides is 1. The highest BCUT2D eigenvalue weighted by Crippen LogP contribution is 2.30. The molecule has 2 unspecified atom stereocenters. The van der Waals surface area contributed by atoms with Crippen molar-refractivity contribution >= 4 is 22.6 Å². The van der Waals surface area contributed by atoms with E-state index >= 15 is 0 Å². The second-order valence-corrected chi connectivity index (χ2v) is 7.05. The van der Waals surface area contributed by atoms with Gasteiger partial charge in [-0.15, -0.1) is 0 Å². The van der Waals surface area contributed by atoms with E-state index in [1.807, 2.05) is 12.1 Å². The van der Waals surface area contributed by atoms with Gasteiger partial charge in [0, 0.05) is 23.9 Å². The number of hydrogen-bond acceptors (Lipinski definition) is 5. The SMILES string of the molecule is Cc1cccc(C2CCNCC2Nc2ncnc3c(C(N)=O)cccc23)c1. The first kappa shape index (κ1) is 17.4. The van der Waals surface area contributed by atoms with E-state index in [-0.39, 0.29) is 6.04 Å². The van der Waals surface area contributed by atoms with Gasteiger partial charge in [-0.3, -0.25) is 4.79 Å². The van der Waals surface area contributed by atoms with Gasteiger partial charge in [-0.25, -0.2) is 9.97 Å². The Morgan fingerprint density at radius 1 is 1.22 bits per heavy atom. The van der Waals surface area contributed by atoms with Crippen molar-refractivity contribution < 1.29 is 4.79 Å². The molecule has 1 saturated heterocycles. The number of nitrogens with one attached hydrogen (secondary N) is 2. The number of carbonyl (C=O) groups excluding carboxylic acids is 1. The van der Waals surface area contributed by atoms with Gasteiger partial charge < -0.3 is 16.4 Å². The normalized spacial score (nSPS) is 19.7. The molecule has 1 aliphatic heterocycles. The van der Waals surface area contributed by atoms with E-state index in [0.29, 0.717) is 17.0 Å². The molecule has 27 heavy (non-hydrogen) atoms. The van der Waals surface area contributed by atoms with Gasteiger partial charge in [0.25, 0.3) is 5.91 Å². The number of para-hydroxylation sites is 1. The molecule has 4 N–H and O–H groups in total. The molecule has 0 saturated carbocycles. The van der Waals surface area contributed by atoms with E-state index in [0.717, 1.165) is 30.7 Å². The number of fused-ring (bicyclic) bond motifs is 1. The summed E-state index contributed by atoms with van der Waals surface area (Å²) in [4.78, 5) is 20.4. The van der Waals surface area contributed by atoms with E-state index in [9.17, 15) is 4.79 Å². The smallest absolute Gasteiger partial charge is 0.250 e. The fourth-order valence-corrected chi connectivity index (χ4v) is 3.89. The van der Waals surface area contributed by atoms with Gasteiger partial charge in [0.05, 0.1) is 11.1 Å². The molecule has 1 fully saturated rings. The minimum absolute atomic E-state index is 0.191. The highest BCUT2D eigenvalue weighted by molar-refractivity contribution is 6.06. The van der Waals surface area contributed by atoms with Crippen molar-refractivity contribution in [3.8, 4) is 0 Å². The van der Waals surface area contributed by atoms with Crippen LogP contribution >= 0.6 is 0 Å². The quantitative estimate of drug-likeness (QED) is 0.664. The van der Waals surface area contributed by atoms with E-state index < -0.39 is 5.91 Å². The molecule has 1 aromatic heterocycles. The number of hydrogen-bond donors (Lipinski definition) is 3. The van der Waals surface area contributed by atoms with Crippen LogP contribution in [0.4, 0.5) is 5.82 Å². The van der Waals surface area contributed by atoms with Gasteiger partial charge in [-0.2, -0.15) is 0 Å². The van der Waals surface area contributed by atoms with Crippen LogP contribution in [0.3, 0.4) is 0 Å². The lowest BCUT2D eigenvalue weighted by atomic mass is 9.85. The van der Waals surface area contributed by atoms with Gasteiger partial charge in [0.15, 0.2) is 0 Å². The summed E-state index contributed by atoms with van der Waals surface area (Å²) in [5.74, 6) is 0.632. The molecule has 0 radical (unpaired) electrons. The number of benzene rings is 2. The Morgan fingerprint density at radius 3 is 2.89 bits per heavy atom. The molecule has 0 bridgehead atoms. The van der Waals surface area contributed by atoms with Crippen molar-refractivity contribution in [3.05, 3.63) is 65.5 Å². The zero-order chi connectivity index (χ0) is 18.8. The number of piperidine rings is 1. The van der Waals surface area contributed by atoms with Crippen LogP contribution in [0.2, 0.25) is 0 Å². The van der Waals surface area contributed by atoms with Crippen LogP contribution in [0, 0.1) is 6.92 Å². The van der Waals surface area contributed by atoms with Crippen LogP contribution in [-0.4, -0.2) is 35.0 Å². The van der Waals surface area contributed by atoms with E-state index in [4.69, 9.17) is 5.73 Å². The van der Waals surface area contributed by atoms with Gasteiger partial charge in [-0.05, 0) is 37.6 Å². The number of nitrogens with zero attached hydrogens (tertiary/aromatic N) is 2. The summed E-state index contributed by atoms with van der Waals surface area (Å²) in [5, 5.41) is 7.87. The van der Waals surface area contributed by atoms with Crippen molar-refractivity contribution in [2.45, 2.75) is 25.3 Å². The van der Waals surface area contributed by atoms with Crippen LogP contribution < -0.4 is 16.4 Å². The van der Waals surface area contributed by atoms with Gasteiger partial charge in [-0.1, -0.05) is 35.9 Å². The predicted octanol–water partition coefficient (Wildman–Crippen LogP) is 2.59. The summed E-state index contributed by atoms with van der Waals surface area (Å²) in [6.07, 6.45) is 2.53. The number of carbonyl (C=O) groups is 1. The van der Waals surface area contributed by atoms with Crippen molar-refractivity contribution in [2.24, 2.45) is 5.73 Å². The van der Waals surface area contributed by atoms with E-state index in [1.165, 1.54) is 17.5 Å². The van der Waals surface area contributed by atoms with Crippen molar-refractivity contribution in [1.29, 1.82) is 0 Å². The highest BCUT2D eigenvalue weighted by Gasteiger charge is 2.27. The summed E-state index contributed by atoms with van der Waals surface area (Å²) in [5.41, 5.74) is 9.10. The molecule has 1 aliphatic rings. The van der Waals surface area contributed by atoms with Gasteiger partial charge in [0.1, 0.15) is 12.1 Å². The van der Waals surface area contributed by atoms with Crippen LogP contribution in [0.5, 0.6) is 0 Å². The third kappa shape index (κ3) is 3.48. The fraction of sp³-hybridized carbons (Fsp3) is 0.286. The first-order chi connectivity index (χ1) is 13.1. The third-order valence-corrected chi connectivity index (χ3v) is 5.20. The third-order valence-electron chi connectivity index (χ3n) is 5.20. The average Bonchev–Trinajstić information content (AvgIpc) is 2.68. The van der Waals surface area contributed by atoms with Crippen molar-refractivity contribution in [3.63, 3.8) is 0 Å². The van der Waals surface area contributed by atoms with Gasteiger partial charge >= 0.3 is 0 Å². The minimum atomic E-state index is -0.484. The molecule has 4 rings (SSSR count). The van der Waals surface area contributed by atoms with Crippen molar-refractivity contribution in [1.82, 2.24) is 15.3 Å². The first-order valence-electron chi connectivity index (χ1n) is 9.21. The molecule has 0 spiro atoms. The zero-order valence-electron chi connectivity index (χ0n) is 15.3. The summed E-state index contributed by atoms with van der Waals surface area (Å²) >= 11 is 0. The number of amides is 1. The Bertz CT molecular complexity index is 987. The topological polar surface area (TPSA) is 92.9 Å². The molecule has 2 aromatic carbocycles. The average molecular weight is 361 g/mol. The van der Waals surface area contributed by atoms with E-state index in [1.54, 1.807) is 6.07 Å². The molecule has 138 valence electrons. The predicted molar refractivity (Wildman–Crippen MR) is 107 cm³/mol. The minimum Gasteiger partial charge on any atom is -0.366 e. The summed E-state index contributed by atoms with van der Waals surface area (Å²) in [7, 11) is 0. The van der Waals surface area contributed by atoms with Crippen LogP contribution in [0.25, 0.3) is 10.9 Å². The molecular formula is C21H23N5O. The fourth-order valence-electron chi connectivity index (χ4n) is 3.89. The Hall–Kier alpha value is -2.99. The Labute approximate surface area is 158 Å². The molecule has 0 aliphatic carbocycles. The lowest BCUT2D eigenvalue weighted by Gasteiger charge is -2.34. The largest absolute Gasteiger partial charge is 0.366 e. The Balaban J connectivity index is 1.70. The molecule has 6 heteroatoms. The molecule has 2 atom stereocenters. The Kier molecular flexibility index (Phi) is 4.73. The van der Waals surface area contributed by atoms with E-state index in [2.05, 4.69) is 51.8 Å². The Morgan fingerprint density at radius 2 is 2.07 bits per heavy atom. The zero-order valence-corrected chi connectivity index (χ0v) is 15.3. The van der Waals surface area contributed by atoms with Crippen molar-refractivity contribution in [2.75, 3.05) is 18.4 Å². The maximum atomic E-state index is 11.7. The second kappa shape index (κ2) is 7.32. The monoisotopic (exact) mass is 361 g/mol. The number of anilines is 1. The summed E-state index contributed by atoms with van der Waals surface area (Å²) in [6.45, 7) is 3.96. The highest BCUT2D eigenvalue weighted by atomic mass is 16.1. The molecule has 6 nitrogen and oxygen atoms in total. The summed E-state index contributed by atoms with van der Waals surface area (Å²) in [6, 6.07) is 14.3. The van der Waals surface area contributed by atoms with Gasteiger partial charge in [0.2, 0.25) is 0 Å². The molecule has 1 amide bonds. The molecular weight excluding hydrogens is 338 g/mol. The molecule has 2 heterocycles. The van der Waals surface area contributed by atoms with Crippen LogP contribution in [0.1, 0.15) is 33.8 Å². The number of nitrogens with two attached hydrogens (primary N) is 1. The number of aromatic nitrogens is 2. The van der Waals surface area contributed by atoms with Crippen LogP contribution in [0.15, 0.2) is 48.8 Å². The lowest BCUT2D eigenvalue weighted by molar-refractivity contribution is 0.100. The van der Waals surface area contributed by atoms with Crippen LogP contribution in [-0.2, 0) is 0 Å². The molecule has 3 aromatic rings. The maximum Gasteiger partial charge on any atom is 0.250 e. The lowest BCUT2D eigenvalue weighted by Crippen LogP contribution is -2.44.